The predicted octanol–water partition coefficient (Wildman–Crippen LogP) is 2.84. The van der Waals surface area contributed by atoms with Gasteiger partial charge in [0, 0.05) is 18.2 Å². The molecule has 1 aromatic rings. The molecule has 0 aliphatic rings. The number of anilines is 1. The summed E-state index contributed by atoms with van der Waals surface area (Å²) in [4.78, 5) is 39.4. The van der Waals surface area contributed by atoms with Gasteiger partial charge in [-0.2, -0.15) is 0 Å². The number of amides is 2. The number of imidazole rings is 1. The molecule has 2 N–H and O–H groups in total. The molecule has 1 rings (SSSR count). The van der Waals surface area contributed by atoms with Crippen LogP contribution in [0.4, 0.5) is 10.6 Å². The zero-order valence-corrected chi connectivity index (χ0v) is 16.5. The van der Waals surface area contributed by atoms with Crippen LogP contribution in [0.1, 0.15) is 60.8 Å². The lowest BCUT2D eigenvalue weighted by Gasteiger charge is -2.23. The van der Waals surface area contributed by atoms with Gasteiger partial charge in [0.05, 0.1) is 6.33 Å². The standard InChI is InChI=1S/C18H30N4O4/c1-7-8-13(20-16(25)26-17(2,3)4)15(24)21-14-11-22(12-19-14)18(5,6)9-10-23/h10-13H,7-9H2,1-6H3,(H,20,25)(H,21,24). The van der Waals surface area contributed by atoms with Crippen LogP contribution < -0.4 is 10.6 Å². The number of carbonyl (C=O) groups excluding carboxylic acids is 3. The molecule has 0 fully saturated rings. The minimum absolute atomic E-state index is 0.329. The maximum absolute atomic E-state index is 12.5. The molecule has 0 radical (unpaired) electrons. The highest BCUT2D eigenvalue weighted by atomic mass is 16.6. The number of rotatable bonds is 8. The number of carbonyl (C=O) groups is 3. The molecule has 8 heteroatoms. The van der Waals surface area contributed by atoms with Gasteiger partial charge in [-0.1, -0.05) is 13.3 Å². The molecule has 1 heterocycles. The minimum atomic E-state index is -0.719. The molecule has 146 valence electrons. The van der Waals surface area contributed by atoms with E-state index in [1.807, 2.05) is 20.8 Å². The lowest BCUT2D eigenvalue weighted by molar-refractivity contribution is -0.118. The van der Waals surface area contributed by atoms with Crippen molar-refractivity contribution in [3.05, 3.63) is 12.5 Å². The number of nitrogens with zero attached hydrogens (tertiary/aromatic N) is 2. The van der Waals surface area contributed by atoms with Crippen LogP contribution in [0.25, 0.3) is 0 Å². The van der Waals surface area contributed by atoms with Gasteiger partial charge >= 0.3 is 6.09 Å². The van der Waals surface area contributed by atoms with Gasteiger partial charge in [-0.25, -0.2) is 9.78 Å². The third kappa shape index (κ3) is 6.85. The molecule has 0 saturated heterocycles. The van der Waals surface area contributed by atoms with Crippen molar-refractivity contribution in [2.24, 2.45) is 0 Å². The molecule has 0 aliphatic carbocycles. The van der Waals surface area contributed by atoms with Crippen molar-refractivity contribution in [2.75, 3.05) is 5.32 Å². The molecular formula is C18H30N4O4. The molecule has 0 spiro atoms. The quantitative estimate of drug-likeness (QED) is 0.689. The van der Waals surface area contributed by atoms with E-state index in [1.54, 1.807) is 37.9 Å². The maximum atomic E-state index is 12.5. The van der Waals surface area contributed by atoms with E-state index in [0.717, 1.165) is 6.29 Å². The summed E-state index contributed by atoms with van der Waals surface area (Å²) in [6.07, 6.45) is 4.96. The predicted molar refractivity (Wildman–Crippen MR) is 98.9 cm³/mol. The highest BCUT2D eigenvalue weighted by Crippen LogP contribution is 2.20. The Bertz CT molecular complexity index is 631. The molecule has 0 aromatic carbocycles. The Morgan fingerprint density at radius 1 is 1.31 bits per heavy atom. The molecule has 0 saturated carbocycles. The Kier molecular flexibility index (Phi) is 7.35. The van der Waals surface area contributed by atoms with E-state index in [1.165, 1.54) is 0 Å². The summed E-state index contributed by atoms with van der Waals surface area (Å²) >= 11 is 0. The van der Waals surface area contributed by atoms with Crippen molar-refractivity contribution in [2.45, 2.75) is 78.0 Å². The fourth-order valence-corrected chi connectivity index (χ4v) is 2.25. The van der Waals surface area contributed by atoms with Crippen LogP contribution in [-0.2, 0) is 19.9 Å². The topological polar surface area (TPSA) is 102 Å². The monoisotopic (exact) mass is 366 g/mol. The van der Waals surface area contributed by atoms with E-state index in [0.29, 0.717) is 25.1 Å². The number of alkyl carbamates (subject to hydrolysis) is 1. The third-order valence-corrected chi connectivity index (χ3v) is 3.70. The Hall–Kier alpha value is -2.38. The molecule has 1 aromatic heterocycles. The van der Waals surface area contributed by atoms with Crippen LogP contribution in [0.5, 0.6) is 0 Å². The largest absolute Gasteiger partial charge is 0.444 e. The summed E-state index contributed by atoms with van der Waals surface area (Å²) < 4.78 is 6.98. The van der Waals surface area contributed by atoms with E-state index in [2.05, 4.69) is 15.6 Å². The molecule has 0 bridgehead atoms. The highest BCUT2D eigenvalue weighted by Gasteiger charge is 2.25. The molecule has 8 nitrogen and oxygen atoms in total. The first-order valence-corrected chi connectivity index (χ1v) is 8.77. The summed E-state index contributed by atoms with van der Waals surface area (Å²) in [5, 5.41) is 5.30. The Morgan fingerprint density at radius 3 is 2.50 bits per heavy atom. The van der Waals surface area contributed by atoms with Gasteiger partial charge in [0.25, 0.3) is 0 Å². The van der Waals surface area contributed by atoms with Gasteiger partial charge in [0.1, 0.15) is 17.9 Å². The average molecular weight is 366 g/mol. The van der Waals surface area contributed by atoms with Crippen LogP contribution in [-0.4, -0.2) is 39.5 Å². The molecule has 2 amide bonds. The van der Waals surface area contributed by atoms with Gasteiger partial charge in [0.15, 0.2) is 5.82 Å². The number of ether oxygens (including phenoxy) is 1. The number of nitrogens with one attached hydrogen (secondary N) is 2. The van der Waals surface area contributed by atoms with Gasteiger partial charge in [-0.05, 0) is 41.0 Å². The molecular weight excluding hydrogens is 336 g/mol. The first-order valence-electron chi connectivity index (χ1n) is 8.77. The SMILES string of the molecule is CCCC(NC(=O)OC(C)(C)C)C(=O)Nc1cn(C(C)(C)CC=O)cn1. The second kappa shape index (κ2) is 8.82. The van der Waals surface area contributed by atoms with Crippen LogP contribution in [0.2, 0.25) is 0 Å². The lowest BCUT2D eigenvalue weighted by atomic mass is 10.0. The van der Waals surface area contributed by atoms with Gasteiger partial charge in [-0.3, -0.25) is 4.79 Å². The zero-order valence-electron chi connectivity index (χ0n) is 16.5. The van der Waals surface area contributed by atoms with Gasteiger partial charge in [-0.15, -0.1) is 0 Å². The van der Waals surface area contributed by atoms with Gasteiger partial charge in [0.2, 0.25) is 5.91 Å². The van der Waals surface area contributed by atoms with Crippen LogP contribution >= 0.6 is 0 Å². The smallest absolute Gasteiger partial charge is 0.408 e. The van der Waals surface area contributed by atoms with E-state index in [9.17, 15) is 14.4 Å². The summed E-state index contributed by atoms with van der Waals surface area (Å²) in [5.74, 6) is -0.00258. The Labute approximate surface area is 154 Å². The number of hydrogen-bond donors (Lipinski definition) is 2. The fourth-order valence-electron chi connectivity index (χ4n) is 2.25. The summed E-state index contributed by atoms with van der Waals surface area (Å²) in [7, 11) is 0. The average Bonchev–Trinajstić information content (AvgIpc) is 2.94. The Balaban J connectivity index is 2.77. The second-order valence-corrected chi connectivity index (χ2v) is 7.83. The zero-order chi connectivity index (χ0) is 20.0. The molecule has 1 atom stereocenters. The molecule has 0 aliphatic heterocycles. The van der Waals surface area contributed by atoms with Crippen molar-refractivity contribution in [3.8, 4) is 0 Å². The van der Waals surface area contributed by atoms with E-state index in [4.69, 9.17) is 4.74 Å². The van der Waals surface area contributed by atoms with E-state index in [-0.39, 0.29) is 5.91 Å². The molecule has 26 heavy (non-hydrogen) atoms. The minimum Gasteiger partial charge on any atom is -0.444 e. The van der Waals surface area contributed by atoms with Crippen molar-refractivity contribution in [3.63, 3.8) is 0 Å². The Morgan fingerprint density at radius 2 is 1.96 bits per heavy atom. The maximum Gasteiger partial charge on any atom is 0.408 e. The fraction of sp³-hybridized carbons (Fsp3) is 0.667. The van der Waals surface area contributed by atoms with Crippen molar-refractivity contribution in [1.29, 1.82) is 0 Å². The van der Waals surface area contributed by atoms with Crippen molar-refractivity contribution >= 4 is 24.1 Å². The first-order chi connectivity index (χ1) is 12.0. The first kappa shape index (κ1) is 21.7. The normalized spacial score (nSPS) is 13.0. The summed E-state index contributed by atoms with van der Waals surface area (Å²) in [5.41, 5.74) is -1.07. The lowest BCUT2D eigenvalue weighted by Crippen LogP contribution is -2.45. The van der Waals surface area contributed by atoms with Crippen molar-refractivity contribution < 1.29 is 19.1 Å². The van der Waals surface area contributed by atoms with Crippen LogP contribution in [0.15, 0.2) is 12.5 Å². The summed E-state index contributed by atoms with van der Waals surface area (Å²) in [6.45, 7) is 11.0. The highest BCUT2D eigenvalue weighted by molar-refractivity contribution is 5.95. The van der Waals surface area contributed by atoms with Gasteiger partial charge < -0.3 is 24.7 Å². The van der Waals surface area contributed by atoms with E-state index < -0.39 is 23.3 Å². The van der Waals surface area contributed by atoms with E-state index >= 15 is 0 Å². The van der Waals surface area contributed by atoms with Crippen molar-refractivity contribution in [1.82, 2.24) is 14.9 Å². The number of hydrogen-bond acceptors (Lipinski definition) is 5. The number of aldehydes is 1. The van der Waals surface area contributed by atoms with Crippen LogP contribution in [0, 0.1) is 0 Å². The third-order valence-electron chi connectivity index (χ3n) is 3.70. The summed E-state index contributed by atoms with van der Waals surface area (Å²) in [6, 6.07) is -0.719. The second-order valence-electron chi connectivity index (χ2n) is 7.83. The van der Waals surface area contributed by atoms with Crippen LogP contribution in [0.3, 0.4) is 0 Å². The molecule has 1 unspecified atom stereocenters. The number of aromatic nitrogens is 2.